The van der Waals surface area contributed by atoms with Crippen LogP contribution < -0.4 is 0 Å². The van der Waals surface area contributed by atoms with E-state index in [1.165, 1.54) is 74.0 Å². The number of aromatic amines is 1. The summed E-state index contributed by atoms with van der Waals surface area (Å²) in [4.78, 5) is 3.49. The summed E-state index contributed by atoms with van der Waals surface area (Å²) in [5, 5.41) is 1.18. The van der Waals surface area contributed by atoms with E-state index >= 15 is 0 Å². The Morgan fingerprint density at radius 1 is 0.833 bits per heavy atom. The highest BCUT2D eigenvalue weighted by molar-refractivity contribution is 5.95. The SMILES string of the molecule is CC1=Cc2c(oc3ccc(-c4cccc(-c5ccc(C6CC6)c(-c6[nH]ccc6C)c5)c4)cc23)C=CC1. The van der Waals surface area contributed by atoms with Gasteiger partial charge in [-0.15, -0.1) is 0 Å². The van der Waals surface area contributed by atoms with Crippen molar-refractivity contribution in [1.29, 1.82) is 0 Å². The van der Waals surface area contributed by atoms with Gasteiger partial charge in [0.05, 0.1) is 0 Å². The molecule has 5 aromatic rings. The highest BCUT2D eigenvalue weighted by Crippen LogP contribution is 2.46. The molecule has 7 rings (SSSR count). The quantitative estimate of drug-likeness (QED) is 0.280. The van der Waals surface area contributed by atoms with Gasteiger partial charge in [0.25, 0.3) is 0 Å². The summed E-state index contributed by atoms with van der Waals surface area (Å²) in [7, 11) is 0. The number of fused-ring (bicyclic) bond motifs is 3. The van der Waals surface area contributed by atoms with E-state index in [4.69, 9.17) is 4.42 Å². The van der Waals surface area contributed by atoms with Gasteiger partial charge >= 0.3 is 0 Å². The Labute approximate surface area is 212 Å². The van der Waals surface area contributed by atoms with Crippen LogP contribution in [0.1, 0.15) is 54.6 Å². The third kappa shape index (κ3) is 3.65. The van der Waals surface area contributed by atoms with Crippen molar-refractivity contribution in [1.82, 2.24) is 4.98 Å². The minimum Gasteiger partial charge on any atom is -0.456 e. The predicted octanol–water partition coefficient (Wildman–Crippen LogP) is 9.77. The van der Waals surface area contributed by atoms with Crippen LogP contribution in [0.3, 0.4) is 0 Å². The van der Waals surface area contributed by atoms with E-state index in [1.807, 2.05) is 6.20 Å². The van der Waals surface area contributed by atoms with E-state index in [0.29, 0.717) is 5.92 Å². The number of nitrogens with one attached hydrogen (secondary N) is 1. The predicted molar refractivity (Wildman–Crippen MR) is 151 cm³/mol. The molecule has 0 unspecified atom stereocenters. The molecule has 1 N–H and O–H groups in total. The van der Waals surface area contributed by atoms with Gasteiger partial charge in [-0.2, -0.15) is 0 Å². The molecule has 0 atom stereocenters. The normalized spacial score (nSPS) is 15.1. The van der Waals surface area contributed by atoms with Crippen molar-refractivity contribution in [2.45, 2.75) is 39.0 Å². The van der Waals surface area contributed by atoms with Crippen LogP contribution >= 0.6 is 0 Å². The molecule has 36 heavy (non-hydrogen) atoms. The number of aryl methyl sites for hydroxylation is 1. The largest absolute Gasteiger partial charge is 0.456 e. The van der Waals surface area contributed by atoms with Crippen LogP contribution in [-0.4, -0.2) is 4.98 Å². The molecular formula is C34H29NO. The van der Waals surface area contributed by atoms with Gasteiger partial charge in [0.15, 0.2) is 0 Å². The monoisotopic (exact) mass is 467 g/mol. The van der Waals surface area contributed by atoms with Crippen molar-refractivity contribution < 1.29 is 4.42 Å². The zero-order valence-corrected chi connectivity index (χ0v) is 20.8. The van der Waals surface area contributed by atoms with Gasteiger partial charge in [-0.3, -0.25) is 0 Å². The van der Waals surface area contributed by atoms with E-state index in [1.54, 1.807) is 0 Å². The standard InChI is InChI=1S/C34H29NO/c1-21-5-3-8-32-29(17-21)30-19-27(12-14-33(30)36-32)25-7-4-6-24(18-25)26-11-13-28(23-9-10-23)31(20-26)34-22(2)15-16-35-34/h3-4,6-8,11-20,23,35H,5,9-10H2,1-2H3. The molecule has 2 aliphatic carbocycles. The lowest BCUT2D eigenvalue weighted by Crippen LogP contribution is -1.91. The van der Waals surface area contributed by atoms with Crippen molar-refractivity contribution in [2.24, 2.45) is 0 Å². The molecule has 2 heterocycles. The molecule has 0 radical (unpaired) electrons. The minimum atomic E-state index is 0.701. The van der Waals surface area contributed by atoms with E-state index in [0.717, 1.165) is 17.8 Å². The number of allylic oxidation sites excluding steroid dienone is 2. The molecule has 1 saturated carbocycles. The number of hydrogen-bond donors (Lipinski definition) is 1. The maximum atomic E-state index is 6.16. The van der Waals surface area contributed by atoms with Crippen LogP contribution in [0.5, 0.6) is 0 Å². The maximum absolute atomic E-state index is 6.16. The number of rotatable bonds is 4. The molecule has 0 saturated heterocycles. The summed E-state index contributed by atoms with van der Waals surface area (Å²) in [5.74, 6) is 1.66. The first-order valence-corrected chi connectivity index (χ1v) is 12.9. The average Bonchev–Trinajstić information content (AvgIpc) is 3.61. The van der Waals surface area contributed by atoms with Crippen molar-refractivity contribution in [3.8, 4) is 33.5 Å². The number of benzene rings is 3. The first-order chi connectivity index (χ1) is 17.6. The van der Waals surface area contributed by atoms with Crippen molar-refractivity contribution >= 4 is 23.1 Å². The molecule has 2 aliphatic rings. The Morgan fingerprint density at radius 2 is 1.61 bits per heavy atom. The maximum Gasteiger partial charge on any atom is 0.135 e. The van der Waals surface area contributed by atoms with E-state index in [2.05, 4.69) is 104 Å². The smallest absolute Gasteiger partial charge is 0.135 e. The number of aromatic nitrogens is 1. The van der Waals surface area contributed by atoms with Crippen LogP contribution in [0.15, 0.2) is 89.0 Å². The second kappa shape index (κ2) is 8.27. The lowest BCUT2D eigenvalue weighted by molar-refractivity contribution is 0.603. The molecule has 0 amide bonds. The molecule has 2 nitrogen and oxygen atoms in total. The minimum absolute atomic E-state index is 0.701. The molecule has 0 spiro atoms. The van der Waals surface area contributed by atoms with Gasteiger partial charge in [0, 0.05) is 28.4 Å². The average molecular weight is 468 g/mol. The zero-order chi connectivity index (χ0) is 24.2. The van der Waals surface area contributed by atoms with Gasteiger partial charge in [0.1, 0.15) is 11.3 Å². The summed E-state index contributed by atoms with van der Waals surface area (Å²) < 4.78 is 6.16. The fourth-order valence-corrected chi connectivity index (χ4v) is 5.56. The fraction of sp³-hybridized carbons (Fsp3) is 0.176. The van der Waals surface area contributed by atoms with Crippen molar-refractivity contribution in [2.75, 3.05) is 0 Å². The van der Waals surface area contributed by atoms with Crippen LogP contribution in [0.25, 0.3) is 56.6 Å². The number of H-pyrrole nitrogens is 1. The van der Waals surface area contributed by atoms with Gasteiger partial charge in [-0.05, 0) is 109 Å². The topological polar surface area (TPSA) is 28.9 Å². The molecular weight excluding hydrogens is 438 g/mol. The Kier molecular flexibility index (Phi) is 4.89. The zero-order valence-electron chi connectivity index (χ0n) is 20.8. The summed E-state index contributed by atoms with van der Waals surface area (Å²) in [6.07, 6.45) is 12.2. The number of hydrogen-bond acceptors (Lipinski definition) is 1. The van der Waals surface area contributed by atoms with Gasteiger partial charge < -0.3 is 9.40 Å². The van der Waals surface area contributed by atoms with Crippen molar-refractivity contribution in [3.05, 3.63) is 107 Å². The van der Waals surface area contributed by atoms with Crippen LogP contribution in [0.2, 0.25) is 0 Å². The first-order valence-electron chi connectivity index (χ1n) is 12.9. The third-order valence-corrected chi connectivity index (χ3v) is 7.68. The lowest BCUT2D eigenvalue weighted by atomic mass is 9.92. The van der Waals surface area contributed by atoms with E-state index in [-0.39, 0.29) is 0 Å². The van der Waals surface area contributed by atoms with E-state index < -0.39 is 0 Å². The second-order valence-corrected chi connectivity index (χ2v) is 10.4. The Morgan fingerprint density at radius 3 is 2.39 bits per heavy atom. The summed E-state index contributed by atoms with van der Waals surface area (Å²) >= 11 is 0. The second-order valence-electron chi connectivity index (χ2n) is 10.4. The first kappa shape index (κ1) is 21.3. The summed E-state index contributed by atoms with van der Waals surface area (Å²) in [5.41, 5.74) is 13.8. The van der Waals surface area contributed by atoms with Crippen LogP contribution in [0, 0.1) is 6.92 Å². The fourth-order valence-electron chi connectivity index (χ4n) is 5.56. The third-order valence-electron chi connectivity index (χ3n) is 7.68. The van der Waals surface area contributed by atoms with Gasteiger partial charge in [0.2, 0.25) is 0 Å². The molecule has 0 aliphatic heterocycles. The van der Waals surface area contributed by atoms with Crippen LogP contribution in [0.4, 0.5) is 0 Å². The summed E-state index contributed by atoms with van der Waals surface area (Å²) in [6, 6.07) is 24.7. The van der Waals surface area contributed by atoms with Crippen molar-refractivity contribution in [3.63, 3.8) is 0 Å². The molecule has 0 bridgehead atoms. The Balaban J connectivity index is 1.32. The molecule has 176 valence electrons. The highest BCUT2D eigenvalue weighted by Gasteiger charge is 2.27. The molecule has 1 fully saturated rings. The van der Waals surface area contributed by atoms with Crippen LogP contribution in [-0.2, 0) is 0 Å². The lowest BCUT2D eigenvalue weighted by Gasteiger charge is -2.13. The highest BCUT2D eigenvalue weighted by atomic mass is 16.3. The Hall–Kier alpha value is -4.04. The molecule has 2 aromatic heterocycles. The number of furan rings is 1. The van der Waals surface area contributed by atoms with E-state index in [9.17, 15) is 0 Å². The Bertz CT molecular complexity index is 1690. The van der Waals surface area contributed by atoms with Gasteiger partial charge in [-0.1, -0.05) is 54.1 Å². The molecule has 3 aromatic carbocycles. The molecule has 2 heteroatoms. The summed E-state index contributed by atoms with van der Waals surface area (Å²) in [6.45, 7) is 4.37. The van der Waals surface area contributed by atoms with Gasteiger partial charge in [-0.25, -0.2) is 0 Å².